The normalized spacial score (nSPS) is 20.7. The molecule has 0 radical (unpaired) electrons. The number of hydrogen-bond donors (Lipinski definition) is 0. The molecule has 0 bridgehead atoms. The van der Waals surface area contributed by atoms with Crippen molar-refractivity contribution in [1.29, 1.82) is 0 Å². The van der Waals surface area contributed by atoms with Gasteiger partial charge >= 0.3 is 24.0 Å². The second-order valence-electron chi connectivity index (χ2n) is 4.50. The van der Waals surface area contributed by atoms with Crippen LogP contribution in [0.2, 0.25) is 0 Å². The number of hydrogen-bond acceptors (Lipinski definition) is 3. The molecular formula is C11H14F5NO3. The molecule has 0 aromatic rings. The first-order valence-electron chi connectivity index (χ1n) is 5.93. The Morgan fingerprint density at radius 2 is 1.80 bits per heavy atom. The van der Waals surface area contributed by atoms with Crippen molar-refractivity contribution in [3.8, 4) is 0 Å². The molecule has 116 valence electrons. The highest BCUT2D eigenvalue weighted by Crippen LogP contribution is 2.38. The Morgan fingerprint density at radius 3 is 2.30 bits per heavy atom. The van der Waals surface area contributed by atoms with Crippen molar-refractivity contribution in [2.45, 2.75) is 43.8 Å². The fourth-order valence-corrected chi connectivity index (χ4v) is 2.06. The van der Waals surface area contributed by atoms with E-state index in [9.17, 15) is 31.5 Å². The van der Waals surface area contributed by atoms with Crippen molar-refractivity contribution in [1.82, 2.24) is 4.90 Å². The third-order valence-corrected chi connectivity index (χ3v) is 3.14. The van der Waals surface area contributed by atoms with Crippen LogP contribution in [-0.2, 0) is 14.3 Å². The molecule has 1 aliphatic heterocycles. The average molecular weight is 303 g/mol. The number of methoxy groups -OCH3 is 1. The van der Waals surface area contributed by atoms with Gasteiger partial charge in [0.2, 0.25) is 0 Å². The lowest BCUT2D eigenvalue weighted by molar-refractivity contribution is -0.275. The van der Waals surface area contributed by atoms with Crippen molar-refractivity contribution < 1.29 is 36.3 Å². The number of carbonyl (C=O) groups excluding carboxylic acids is 2. The van der Waals surface area contributed by atoms with E-state index in [0.29, 0.717) is 17.7 Å². The minimum atomic E-state index is -5.95. The topological polar surface area (TPSA) is 46.6 Å². The molecule has 1 rings (SSSR count). The third kappa shape index (κ3) is 3.37. The number of amides is 1. The van der Waals surface area contributed by atoms with Crippen molar-refractivity contribution in [2.75, 3.05) is 13.7 Å². The zero-order chi connectivity index (χ0) is 15.6. The minimum absolute atomic E-state index is 0.189. The number of esters is 1. The number of piperidine rings is 1. The van der Waals surface area contributed by atoms with Crippen LogP contribution in [0.15, 0.2) is 0 Å². The monoisotopic (exact) mass is 303 g/mol. The van der Waals surface area contributed by atoms with E-state index in [1.54, 1.807) is 0 Å². The number of rotatable bonds is 3. The van der Waals surface area contributed by atoms with Crippen LogP contribution in [0.25, 0.3) is 0 Å². The molecule has 4 nitrogen and oxygen atoms in total. The van der Waals surface area contributed by atoms with E-state index in [4.69, 9.17) is 0 Å². The summed E-state index contributed by atoms with van der Waals surface area (Å²) < 4.78 is 67.1. The Labute approximate surface area is 111 Å². The molecule has 1 atom stereocenters. The summed E-state index contributed by atoms with van der Waals surface area (Å²) in [6.45, 7) is -0.230. The van der Waals surface area contributed by atoms with Gasteiger partial charge in [0, 0.05) is 12.6 Å². The minimum Gasteiger partial charge on any atom is -0.469 e. The smallest absolute Gasteiger partial charge is 0.463 e. The van der Waals surface area contributed by atoms with Gasteiger partial charge in [-0.15, -0.1) is 0 Å². The SMILES string of the molecule is COC(=O)CC1CCCCN1C(=O)C(F)(F)C(F)(F)F. The molecule has 0 spiro atoms. The third-order valence-electron chi connectivity index (χ3n) is 3.14. The van der Waals surface area contributed by atoms with Crippen LogP contribution in [0, 0.1) is 0 Å². The van der Waals surface area contributed by atoms with Gasteiger partial charge in [-0.25, -0.2) is 0 Å². The lowest BCUT2D eigenvalue weighted by Gasteiger charge is -2.37. The van der Waals surface area contributed by atoms with Crippen LogP contribution in [0.5, 0.6) is 0 Å². The van der Waals surface area contributed by atoms with E-state index in [-0.39, 0.29) is 13.0 Å². The van der Waals surface area contributed by atoms with Crippen LogP contribution >= 0.6 is 0 Å². The molecule has 1 heterocycles. The Morgan fingerprint density at radius 1 is 1.20 bits per heavy atom. The van der Waals surface area contributed by atoms with Crippen molar-refractivity contribution in [3.63, 3.8) is 0 Å². The van der Waals surface area contributed by atoms with Crippen molar-refractivity contribution >= 4 is 11.9 Å². The Kier molecular flexibility index (Phi) is 4.93. The number of likely N-dealkylation sites (tertiary alicyclic amines) is 1. The largest absolute Gasteiger partial charge is 0.469 e. The molecular weight excluding hydrogens is 289 g/mol. The summed E-state index contributed by atoms with van der Waals surface area (Å²) in [5, 5.41) is 0. The Balaban J connectivity index is 2.90. The fourth-order valence-electron chi connectivity index (χ4n) is 2.06. The summed E-state index contributed by atoms with van der Waals surface area (Å²) >= 11 is 0. The van der Waals surface area contributed by atoms with Crippen LogP contribution in [0.4, 0.5) is 22.0 Å². The second-order valence-corrected chi connectivity index (χ2v) is 4.50. The van der Waals surface area contributed by atoms with E-state index in [0.717, 1.165) is 7.11 Å². The number of ether oxygens (including phenoxy) is 1. The molecule has 0 aromatic heterocycles. The van der Waals surface area contributed by atoms with Gasteiger partial charge in [0.15, 0.2) is 0 Å². The summed E-state index contributed by atoms with van der Waals surface area (Å²) in [6, 6.07) is -0.989. The molecule has 1 amide bonds. The van der Waals surface area contributed by atoms with Gasteiger partial charge in [0.1, 0.15) is 0 Å². The van der Waals surface area contributed by atoms with Crippen LogP contribution in [-0.4, -0.2) is 48.6 Å². The lowest BCUT2D eigenvalue weighted by Crippen LogP contribution is -2.56. The highest BCUT2D eigenvalue weighted by molar-refractivity contribution is 5.85. The molecule has 9 heteroatoms. The standard InChI is InChI=1S/C11H14F5NO3/c1-20-8(18)6-7-4-2-3-5-17(7)9(19)10(12,13)11(14,15)16/h7H,2-6H2,1H3. The number of halogens is 5. The van der Waals surface area contributed by atoms with E-state index < -0.39 is 36.4 Å². The zero-order valence-electron chi connectivity index (χ0n) is 10.7. The summed E-state index contributed by atoms with van der Waals surface area (Å²) in [5.74, 6) is -8.51. The predicted octanol–water partition coefficient (Wildman–Crippen LogP) is 2.13. The zero-order valence-corrected chi connectivity index (χ0v) is 10.7. The first kappa shape index (κ1) is 16.6. The van der Waals surface area contributed by atoms with Crippen LogP contribution < -0.4 is 0 Å². The fraction of sp³-hybridized carbons (Fsp3) is 0.818. The van der Waals surface area contributed by atoms with Gasteiger partial charge in [-0.2, -0.15) is 22.0 Å². The van der Waals surface area contributed by atoms with E-state index >= 15 is 0 Å². The predicted molar refractivity (Wildman–Crippen MR) is 57.0 cm³/mol. The molecule has 0 N–H and O–H groups in total. The summed E-state index contributed by atoms with van der Waals surface area (Å²) in [7, 11) is 1.07. The molecule has 1 unspecified atom stereocenters. The molecule has 0 aliphatic carbocycles. The molecule has 1 aliphatic rings. The Bertz CT molecular complexity index is 383. The maximum Gasteiger partial charge on any atom is 0.463 e. The Hall–Kier alpha value is -1.41. The number of nitrogens with zero attached hydrogens (tertiary/aromatic N) is 1. The van der Waals surface area contributed by atoms with Crippen molar-refractivity contribution in [2.24, 2.45) is 0 Å². The van der Waals surface area contributed by atoms with Crippen LogP contribution in [0.1, 0.15) is 25.7 Å². The summed E-state index contributed by atoms with van der Waals surface area (Å²) in [6.07, 6.45) is -5.29. The highest BCUT2D eigenvalue weighted by atomic mass is 19.4. The van der Waals surface area contributed by atoms with Crippen molar-refractivity contribution in [3.05, 3.63) is 0 Å². The van der Waals surface area contributed by atoms with E-state index in [1.165, 1.54) is 0 Å². The highest BCUT2D eigenvalue weighted by Gasteiger charge is 2.65. The lowest BCUT2D eigenvalue weighted by atomic mass is 9.98. The molecule has 0 aromatic carbocycles. The van der Waals surface area contributed by atoms with Gasteiger partial charge in [-0.05, 0) is 19.3 Å². The summed E-state index contributed by atoms with van der Waals surface area (Å²) in [4.78, 5) is 23.0. The van der Waals surface area contributed by atoms with Gasteiger partial charge < -0.3 is 9.64 Å². The maximum absolute atomic E-state index is 13.1. The van der Waals surface area contributed by atoms with Gasteiger partial charge in [0.25, 0.3) is 0 Å². The quantitative estimate of drug-likeness (QED) is 0.593. The van der Waals surface area contributed by atoms with Crippen LogP contribution in [0.3, 0.4) is 0 Å². The number of alkyl halides is 5. The number of carbonyl (C=O) groups is 2. The van der Waals surface area contributed by atoms with E-state index in [2.05, 4.69) is 4.74 Å². The first-order chi connectivity index (χ1) is 9.11. The summed E-state index contributed by atoms with van der Waals surface area (Å²) in [5.41, 5.74) is 0. The van der Waals surface area contributed by atoms with Gasteiger partial charge in [-0.3, -0.25) is 9.59 Å². The van der Waals surface area contributed by atoms with Gasteiger partial charge in [-0.1, -0.05) is 0 Å². The van der Waals surface area contributed by atoms with Gasteiger partial charge in [0.05, 0.1) is 13.5 Å². The first-order valence-corrected chi connectivity index (χ1v) is 5.93. The second kappa shape index (κ2) is 5.92. The molecule has 20 heavy (non-hydrogen) atoms. The molecule has 1 saturated heterocycles. The molecule has 1 fully saturated rings. The molecule has 0 saturated carbocycles. The average Bonchev–Trinajstić information content (AvgIpc) is 2.37. The maximum atomic E-state index is 13.1. The van der Waals surface area contributed by atoms with E-state index in [1.807, 2.05) is 0 Å².